The summed E-state index contributed by atoms with van der Waals surface area (Å²) in [5.41, 5.74) is 1.19. The Kier molecular flexibility index (Phi) is 5.33. The van der Waals surface area contributed by atoms with E-state index < -0.39 is 0 Å². The van der Waals surface area contributed by atoms with Crippen molar-refractivity contribution in [2.75, 3.05) is 0 Å². The summed E-state index contributed by atoms with van der Waals surface area (Å²) in [6, 6.07) is 6.71. The molecule has 1 N–H and O–H groups in total. The normalized spacial score (nSPS) is 18.0. The maximum absolute atomic E-state index is 6.19. The molecule has 0 saturated heterocycles. The zero-order valence-corrected chi connectivity index (χ0v) is 12.4. The molecular formula is C14H19BrClN. The highest BCUT2D eigenvalue weighted by Gasteiger charge is 2.12. The predicted octanol–water partition coefficient (Wildman–Crippen LogP) is 4.91. The number of hydrogen-bond acceptors (Lipinski definition) is 1. The van der Waals surface area contributed by atoms with Gasteiger partial charge in [-0.15, -0.1) is 0 Å². The molecule has 1 aromatic rings. The summed E-state index contributed by atoms with van der Waals surface area (Å²) in [5, 5.41) is 4.50. The molecule has 0 bridgehead atoms. The first kappa shape index (κ1) is 13.4. The first-order chi connectivity index (χ1) is 8.25. The molecule has 0 atom stereocenters. The second-order valence-corrected chi connectivity index (χ2v) is 6.13. The van der Waals surface area contributed by atoms with E-state index in [1.54, 1.807) is 0 Å². The predicted molar refractivity (Wildman–Crippen MR) is 77.5 cm³/mol. The number of nitrogens with one attached hydrogen (secondary N) is 1. The van der Waals surface area contributed by atoms with E-state index in [4.69, 9.17) is 11.6 Å². The Morgan fingerprint density at radius 3 is 2.59 bits per heavy atom. The quantitative estimate of drug-likeness (QED) is 0.781. The molecule has 0 unspecified atom stereocenters. The molecular weight excluding hydrogens is 298 g/mol. The Hall–Kier alpha value is -0.0500. The van der Waals surface area contributed by atoms with Crippen LogP contribution in [0, 0.1) is 0 Å². The van der Waals surface area contributed by atoms with Crippen LogP contribution in [-0.4, -0.2) is 6.04 Å². The first-order valence-corrected chi connectivity index (χ1v) is 7.60. The third kappa shape index (κ3) is 4.27. The molecule has 0 aromatic heterocycles. The van der Waals surface area contributed by atoms with Gasteiger partial charge in [-0.2, -0.15) is 0 Å². The minimum absolute atomic E-state index is 0.674. The smallest absolute Gasteiger partial charge is 0.0451 e. The molecule has 0 heterocycles. The maximum Gasteiger partial charge on any atom is 0.0451 e. The maximum atomic E-state index is 6.19. The Labute approximate surface area is 117 Å². The van der Waals surface area contributed by atoms with Gasteiger partial charge in [0, 0.05) is 22.1 Å². The minimum Gasteiger partial charge on any atom is -0.310 e. The van der Waals surface area contributed by atoms with Crippen LogP contribution >= 0.6 is 27.5 Å². The van der Waals surface area contributed by atoms with Gasteiger partial charge in [0.15, 0.2) is 0 Å². The van der Waals surface area contributed by atoms with Gasteiger partial charge in [-0.25, -0.2) is 0 Å². The topological polar surface area (TPSA) is 12.0 Å². The molecule has 3 heteroatoms. The van der Waals surface area contributed by atoms with Gasteiger partial charge in [0.1, 0.15) is 0 Å². The van der Waals surface area contributed by atoms with Crippen LogP contribution in [-0.2, 0) is 6.54 Å². The van der Waals surface area contributed by atoms with Gasteiger partial charge in [0.2, 0.25) is 0 Å². The summed E-state index contributed by atoms with van der Waals surface area (Å²) in [6.45, 7) is 0.878. The monoisotopic (exact) mass is 315 g/mol. The van der Waals surface area contributed by atoms with E-state index in [9.17, 15) is 0 Å². The highest BCUT2D eigenvalue weighted by Crippen LogP contribution is 2.22. The van der Waals surface area contributed by atoms with Crippen molar-refractivity contribution in [2.45, 2.75) is 51.1 Å². The Bertz CT molecular complexity index is 359. The van der Waals surface area contributed by atoms with Gasteiger partial charge in [-0.3, -0.25) is 0 Å². The minimum atomic E-state index is 0.674. The molecule has 0 amide bonds. The molecule has 94 valence electrons. The van der Waals surface area contributed by atoms with Crippen LogP contribution in [0.25, 0.3) is 0 Å². The average molecular weight is 317 g/mol. The molecule has 1 nitrogen and oxygen atoms in total. The van der Waals surface area contributed by atoms with E-state index in [0.717, 1.165) is 16.0 Å². The molecule has 0 aliphatic heterocycles. The lowest BCUT2D eigenvalue weighted by molar-refractivity contribution is 0.459. The van der Waals surface area contributed by atoms with Crippen LogP contribution in [0.1, 0.15) is 44.1 Å². The van der Waals surface area contributed by atoms with Crippen molar-refractivity contribution in [3.8, 4) is 0 Å². The number of halogens is 2. The fourth-order valence-electron chi connectivity index (χ4n) is 2.42. The van der Waals surface area contributed by atoms with Crippen molar-refractivity contribution in [3.05, 3.63) is 33.3 Å². The van der Waals surface area contributed by atoms with Crippen LogP contribution in [0.15, 0.2) is 22.7 Å². The highest BCUT2D eigenvalue weighted by molar-refractivity contribution is 9.10. The SMILES string of the molecule is Clc1ccc(Br)cc1CNC1CCCCCC1. The first-order valence-electron chi connectivity index (χ1n) is 6.43. The van der Waals surface area contributed by atoms with Gasteiger partial charge in [-0.05, 0) is 36.6 Å². The van der Waals surface area contributed by atoms with Crippen LogP contribution in [0.5, 0.6) is 0 Å². The van der Waals surface area contributed by atoms with E-state index >= 15 is 0 Å². The molecule has 0 radical (unpaired) electrons. The van der Waals surface area contributed by atoms with Gasteiger partial charge < -0.3 is 5.32 Å². The second-order valence-electron chi connectivity index (χ2n) is 4.81. The van der Waals surface area contributed by atoms with E-state index in [-0.39, 0.29) is 0 Å². The summed E-state index contributed by atoms with van der Waals surface area (Å²) >= 11 is 9.67. The largest absolute Gasteiger partial charge is 0.310 e. The van der Waals surface area contributed by atoms with Crippen molar-refractivity contribution < 1.29 is 0 Å². The van der Waals surface area contributed by atoms with Crippen LogP contribution < -0.4 is 5.32 Å². The molecule has 1 aliphatic rings. The summed E-state index contributed by atoms with van der Waals surface area (Å²) in [7, 11) is 0. The lowest BCUT2D eigenvalue weighted by Gasteiger charge is -2.16. The average Bonchev–Trinajstić information content (AvgIpc) is 2.59. The standard InChI is InChI=1S/C14H19BrClN/c15-12-7-8-14(16)11(9-12)10-17-13-5-3-1-2-4-6-13/h7-9,13,17H,1-6,10H2. The number of rotatable bonds is 3. The lowest BCUT2D eigenvalue weighted by Crippen LogP contribution is -2.27. The van der Waals surface area contributed by atoms with E-state index in [1.165, 1.54) is 44.1 Å². The molecule has 2 rings (SSSR count). The molecule has 1 fully saturated rings. The number of hydrogen-bond donors (Lipinski definition) is 1. The Balaban J connectivity index is 1.89. The van der Waals surface area contributed by atoms with Gasteiger partial charge in [0.05, 0.1) is 0 Å². The van der Waals surface area contributed by atoms with Crippen molar-refractivity contribution in [1.29, 1.82) is 0 Å². The van der Waals surface area contributed by atoms with Gasteiger partial charge in [0.25, 0.3) is 0 Å². The second kappa shape index (κ2) is 6.77. The van der Waals surface area contributed by atoms with Crippen molar-refractivity contribution >= 4 is 27.5 Å². The van der Waals surface area contributed by atoms with E-state index in [1.807, 2.05) is 12.1 Å². The number of benzene rings is 1. The summed E-state index contributed by atoms with van der Waals surface area (Å²) < 4.78 is 1.10. The van der Waals surface area contributed by atoms with E-state index in [2.05, 4.69) is 27.3 Å². The van der Waals surface area contributed by atoms with Crippen LogP contribution in [0.3, 0.4) is 0 Å². The zero-order valence-electron chi connectivity index (χ0n) is 10.0. The zero-order chi connectivity index (χ0) is 12.1. The molecule has 1 aromatic carbocycles. The fraction of sp³-hybridized carbons (Fsp3) is 0.571. The summed E-state index contributed by atoms with van der Waals surface area (Å²) in [4.78, 5) is 0. The summed E-state index contributed by atoms with van der Waals surface area (Å²) in [5.74, 6) is 0. The van der Waals surface area contributed by atoms with E-state index in [0.29, 0.717) is 6.04 Å². The lowest BCUT2D eigenvalue weighted by atomic mass is 10.1. The van der Waals surface area contributed by atoms with Crippen LogP contribution in [0.2, 0.25) is 5.02 Å². The highest BCUT2D eigenvalue weighted by atomic mass is 79.9. The van der Waals surface area contributed by atoms with Gasteiger partial charge in [-0.1, -0.05) is 53.2 Å². The van der Waals surface area contributed by atoms with Crippen molar-refractivity contribution in [2.24, 2.45) is 0 Å². The Morgan fingerprint density at radius 2 is 1.88 bits per heavy atom. The summed E-state index contributed by atoms with van der Waals surface area (Å²) in [6.07, 6.45) is 8.15. The third-order valence-electron chi connectivity index (χ3n) is 3.44. The third-order valence-corrected chi connectivity index (χ3v) is 4.31. The Morgan fingerprint density at radius 1 is 1.18 bits per heavy atom. The molecule has 0 spiro atoms. The molecule has 17 heavy (non-hydrogen) atoms. The molecule has 1 saturated carbocycles. The fourth-order valence-corrected chi connectivity index (χ4v) is 3.01. The van der Waals surface area contributed by atoms with Gasteiger partial charge >= 0.3 is 0 Å². The van der Waals surface area contributed by atoms with Crippen molar-refractivity contribution in [1.82, 2.24) is 5.32 Å². The van der Waals surface area contributed by atoms with Crippen LogP contribution in [0.4, 0.5) is 0 Å². The molecule has 1 aliphatic carbocycles. The van der Waals surface area contributed by atoms with Crippen molar-refractivity contribution in [3.63, 3.8) is 0 Å².